The highest BCUT2D eigenvalue weighted by Gasteiger charge is 2.46. The summed E-state index contributed by atoms with van der Waals surface area (Å²) in [6.45, 7) is 7.27. The predicted molar refractivity (Wildman–Crippen MR) is 55.6 cm³/mol. The van der Waals surface area contributed by atoms with Gasteiger partial charge in [-0.15, -0.1) is 0 Å². The molecule has 0 saturated carbocycles. The molecule has 0 heterocycles. The van der Waals surface area contributed by atoms with Gasteiger partial charge < -0.3 is 5.73 Å². The molecule has 2 unspecified atom stereocenters. The number of likely N-dealkylation sites (N-methyl/N-ethyl adjacent to an activating group) is 1. The summed E-state index contributed by atoms with van der Waals surface area (Å²) in [6.07, 6.45) is -3.93. The fourth-order valence-corrected chi connectivity index (χ4v) is 1.78. The van der Waals surface area contributed by atoms with E-state index in [-0.39, 0.29) is 6.04 Å². The molecule has 5 heteroatoms. The van der Waals surface area contributed by atoms with E-state index in [1.165, 1.54) is 4.90 Å². The molecule has 92 valence electrons. The highest BCUT2D eigenvalue weighted by Crippen LogP contribution is 2.28. The number of alkyl halides is 3. The van der Waals surface area contributed by atoms with E-state index in [1.807, 2.05) is 0 Å². The summed E-state index contributed by atoms with van der Waals surface area (Å²) in [5, 5.41) is 0. The van der Waals surface area contributed by atoms with Crippen LogP contribution in [0.2, 0.25) is 0 Å². The summed E-state index contributed by atoms with van der Waals surface area (Å²) in [5.41, 5.74) is 5.56. The summed E-state index contributed by atoms with van der Waals surface area (Å²) in [4.78, 5) is 1.40. The molecule has 0 aliphatic heterocycles. The minimum Gasteiger partial charge on any atom is -0.326 e. The van der Waals surface area contributed by atoms with Crippen LogP contribution < -0.4 is 5.73 Å². The summed E-state index contributed by atoms with van der Waals surface area (Å²) in [7, 11) is 0. The first-order valence-corrected chi connectivity index (χ1v) is 5.33. The van der Waals surface area contributed by atoms with Crippen LogP contribution in [-0.2, 0) is 0 Å². The number of rotatable bonds is 5. The molecule has 0 aliphatic rings. The van der Waals surface area contributed by atoms with Crippen molar-refractivity contribution in [1.29, 1.82) is 0 Å². The van der Waals surface area contributed by atoms with E-state index in [1.54, 1.807) is 27.7 Å². The molecule has 2 nitrogen and oxygen atoms in total. The fraction of sp³-hybridized carbons (Fsp3) is 1.00. The number of nitrogens with zero attached hydrogens (tertiary/aromatic N) is 1. The van der Waals surface area contributed by atoms with E-state index in [0.717, 1.165) is 0 Å². The molecule has 0 aromatic rings. The van der Waals surface area contributed by atoms with Gasteiger partial charge in [-0.1, -0.05) is 13.8 Å². The zero-order valence-electron chi connectivity index (χ0n) is 9.80. The normalized spacial score (nSPS) is 17.2. The number of hydrogen-bond acceptors (Lipinski definition) is 2. The van der Waals surface area contributed by atoms with Crippen LogP contribution >= 0.6 is 0 Å². The maximum atomic E-state index is 12.8. The van der Waals surface area contributed by atoms with Gasteiger partial charge in [-0.2, -0.15) is 13.2 Å². The third-order valence-corrected chi connectivity index (χ3v) is 2.60. The molecule has 0 fully saturated rings. The van der Waals surface area contributed by atoms with Crippen LogP contribution in [0.5, 0.6) is 0 Å². The van der Waals surface area contributed by atoms with Crippen LogP contribution in [-0.4, -0.2) is 35.7 Å². The Kier molecular flexibility index (Phi) is 5.59. The average Bonchev–Trinajstić information content (AvgIpc) is 2.10. The zero-order chi connectivity index (χ0) is 12.2. The van der Waals surface area contributed by atoms with Crippen molar-refractivity contribution in [2.75, 3.05) is 6.54 Å². The molecule has 0 aliphatic carbocycles. The molecule has 0 rings (SSSR count). The molecule has 0 bridgehead atoms. The van der Waals surface area contributed by atoms with Gasteiger partial charge in [-0.05, 0) is 26.8 Å². The van der Waals surface area contributed by atoms with Crippen LogP contribution in [0.4, 0.5) is 13.2 Å². The van der Waals surface area contributed by atoms with E-state index in [4.69, 9.17) is 5.73 Å². The SMILES string of the molecule is CCC(N)C(N(CC)C(C)C)C(F)(F)F. The molecule has 0 aromatic heterocycles. The van der Waals surface area contributed by atoms with Gasteiger partial charge in [0.1, 0.15) is 6.04 Å². The Balaban J connectivity index is 4.91. The summed E-state index contributed by atoms with van der Waals surface area (Å²) < 4.78 is 38.5. The van der Waals surface area contributed by atoms with Gasteiger partial charge in [0.2, 0.25) is 0 Å². The summed E-state index contributed by atoms with van der Waals surface area (Å²) in [5.74, 6) is 0. The smallest absolute Gasteiger partial charge is 0.326 e. The predicted octanol–water partition coefficient (Wildman–Crippen LogP) is 2.38. The second kappa shape index (κ2) is 5.70. The molecule has 0 amide bonds. The third kappa shape index (κ3) is 3.99. The minimum atomic E-state index is -4.25. The van der Waals surface area contributed by atoms with Crippen molar-refractivity contribution < 1.29 is 13.2 Å². The Morgan fingerprint density at radius 3 is 1.87 bits per heavy atom. The van der Waals surface area contributed by atoms with Crippen LogP contribution in [0.3, 0.4) is 0 Å². The lowest BCUT2D eigenvalue weighted by atomic mass is 10.0. The number of hydrogen-bond donors (Lipinski definition) is 1. The molecule has 0 aromatic carbocycles. The van der Waals surface area contributed by atoms with Gasteiger partial charge in [-0.25, -0.2) is 0 Å². The highest BCUT2D eigenvalue weighted by atomic mass is 19.4. The van der Waals surface area contributed by atoms with Gasteiger partial charge >= 0.3 is 6.18 Å². The first-order chi connectivity index (χ1) is 6.75. The van der Waals surface area contributed by atoms with Crippen molar-refractivity contribution in [2.24, 2.45) is 5.73 Å². The molecular formula is C10H21F3N2. The second-order valence-electron chi connectivity index (χ2n) is 3.98. The van der Waals surface area contributed by atoms with Gasteiger partial charge in [0.25, 0.3) is 0 Å². The van der Waals surface area contributed by atoms with Gasteiger partial charge in [0.05, 0.1) is 0 Å². The van der Waals surface area contributed by atoms with Crippen LogP contribution in [0.1, 0.15) is 34.1 Å². The minimum absolute atomic E-state index is 0.153. The van der Waals surface area contributed by atoms with Crippen LogP contribution in [0.15, 0.2) is 0 Å². The zero-order valence-corrected chi connectivity index (χ0v) is 9.80. The van der Waals surface area contributed by atoms with E-state index in [0.29, 0.717) is 13.0 Å². The molecule has 15 heavy (non-hydrogen) atoms. The van der Waals surface area contributed by atoms with Gasteiger partial charge in [-0.3, -0.25) is 4.90 Å². The number of halogens is 3. The maximum absolute atomic E-state index is 12.8. The van der Waals surface area contributed by atoms with Crippen LogP contribution in [0, 0.1) is 0 Å². The molecule has 0 radical (unpaired) electrons. The standard InChI is InChI=1S/C10H21F3N2/c1-5-8(14)9(10(11,12)13)15(6-2)7(3)4/h7-9H,5-6,14H2,1-4H3. The first-order valence-electron chi connectivity index (χ1n) is 5.33. The quantitative estimate of drug-likeness (QED) is 0.780. The largest absolute Gasteiger partial charge is 0.405 e. The maximum Gasteiger partial charge on any atom is 0.405 e. The topological polar surface area (TPSA) is 29.3 Å². The molecule has 0 saturated heterocycles. The summed E-state index contributed by atoms with van der Waals surface area (Å²) in [6, 6.07) is -2.54. The van der Waals surface area contributed by atoms with Crippen molar-refractivity contribution in [3.63, 3.8) is 0 Å². The Bertz CT molecular complexity index is 180. The Labute approximate surface area is 89.6 Å². The van der Waals surface area contributed by atoms with Crippen LogP contribution in [0.25, 0.3) is 0 Å². The second-order valence-corrected chi connectivity index (χ2v) is 3.98. The van der Waals surface area contributed by atoms with Gasteiger partial charge in [0, 0.05) is 12.1 Å². The lowest BCUT2D eigenvalue weighted by Gasteiger charge is -2.38. The molecular weight excluding hydrogens is 205 g/mol. The van der Waals surface area contributed by atoms with Gasteiger partial charge in [0.15, 0.2) is 0 Å². The average molecular weight is 226 g/mol. The Morgan fingerprint density at radius 2 is 1.67 bits per heavy atom. The van der Waals surface area contributed by atoms with E-state index >= 15 is 0 Å². The van der Waals surface area contributed by atoms with Crippen molar-refractivity contribution in [1.82, 2.24) is 4.90 Å². The first kappa shape index (κ1) is 14.7. The monoisotopic (exact) mass is 226 g/mol. The van der Waals surface area contributed by atoms with E-state index < -0.39 is 18.3 Å². The molecule has 0 spiro atoms. The highest BCUT2D eigenvalue weighted by molar-refractivity contribution is 4.88. The van der Waals surface area contributed by atoms with E-state index in [9.17, 15) is 13.2 Å². The van der Waals surface area contributed by atoms with Crippen molar-refractivity contribution in [3.05, 3.63) is 0 Å². The lowest BCUT2D eigenvalue weighted by molar-refractivity contribution is -0.193. The Hall–Kier alpha value is -0.290. The third-order valence-electron chi connectivity index (χ3n) is 2.60. The van der Waals surface area contributed by atoms with Crippen molar-refractivity contribution >= 4 is 0 Å². The molecule has 2 atom stereocenters. The van der Waals surface area contributed by atoms with E-state index in [2.05, 4.69) is 0 Å². The fourth-order valence-electron chi connectivity index (χ4n) is 1.78. The lowest BCUT2D eigenvalue weighted by Crippen LogP contribution is -2.57. The Morgan fingerprint density at radius 1 is 1.20 bits per heavy atom. The van der Waals surface area contributed by atoms with Crippen molar-refractivity contribution in [3.8, 4) is 0 Å². The van der Waals surface area contributed by atoms with Crippen molar-refractivity contribution in [2.45, 2.75) is 58.4 Å². The summed E-state index contributed by atoms with van der Waals surface area (Å²) >= 11 is 0. The number of nitrogens with two attached hydrogens (primary N) is 1. The molecule has 2 N–H and O–H groups in total.